The van der Waals surface area contributed by atoms with Gasteiger partial charge in [-0.1, -0.05) is 63.3 Å². The van der Waals surface area contributed by atoms with Crippen molar-refractivity contribution in [3.05, 3.63) is 64.7 Å². The maximum Gasteiger partial charge on any atom is 0.194 e. The van der Waals surface area contributed by atoms with E-state index in [4.69, 9.17) is 4.74 Å². The molecule has 1 aliphatic rings. The van der Waals surface area contributed by atoms with Gasteiger partial charge in [0.05, 0.1) is 6.61 Å². The molecule has 2 aromatic carbocycles. The molecule has 0 heterocycles. The van der Waals surface area contributed by atoms with Crippen molar-refractivity contribution in [1.82, 2.24) is 0 Å². The van der Waals surface area contributed by atoms with E-state index in [0.717, 1.165) is 12.8 Å². The van der Waals surface area contributed by atoms with Crippen LogP contribution in [0.15, 0.2) is 42.5 Å². The number of unbranched alkanes of at least 4 members (excludes halogenated alkanes) is 5. The zero-order valence-corrected chi connectivity index (χ0v) is 14.7. The Morgan fingerprint density at radius 2 is 1.32 bits per heavy atom. The molecule has 0 N–H and O–H groups in total. The van der Waals surface area contributed by atoms with E-state index < -0.39 is 0 Å². The Bertz CT molecular complexity index is 777. The third-order valence-electron chi connectivity index (χ3n) is 4.66. The van der Waals surface area contributed by atoms with Crippen molar-refractivity contribution in [2.45, 2.75) is 45.4 Å². The van der Waals surface area contributed by atoms with Crippen LogP contribution in [-0.4, -0.2) is 18.2 Å². The third kappa shape index (κ3) is 3.81. The van der Waals surface area contributed by atoms with Crippen molar-refractivity contribution in [3.63, 3.8) is 0 Å². The lowest BCUT2D eigenvalue weighted by atomic mass is 9.84. The highest BCUT2D eigenvalue weighted by atomic mass is 16.5. The second-order valence-electron chi connectivity index (χ2n) is 6.53. The molecule has 0 saturated carbocycles. The molecule has 0 radical (unpaired) electrons. The monoisotopic (exact) mass is 336 g/mol. The fraction of sp³-hybridized carbons (Fsp3) is 0.364. The fourth-order valence-corrected chi connectivity index (χ4v) is 3.24. The molecule has 2 aromatic rings. The van der Waals surface area contributed by atoms with Gasteiger partial charge < -0.3 is 4.74 Å². The van der Waals surface area contributed by atoms with Gasteiger partial charge in [-0.05, 0) is 24.6 Å². The molecule has 1 aliphatic carbocycles. The van der Waals surface area contributed by atoms with Gasteiger partial charge in [0.1, 0.15) is 5.75 Å². The number of rotatable bonds is 8. The zero-order chi connectivity index (χ0) is 17.6. The van der Waals surface area contributed by atoms with Crippen LogP contribution in [0.5, 0.6) is 5.75 Å². The Morgan fingerprint density at radius 3 is 2.04 bits per heavy atom. The maximum atomic E-state index is 12.7. The molecule has 0 bridgehead atoms. The second kappa shape index (κ2) is 8.11. The van der Waals surface area contributed by atoms with Gasteiger partial charge in [0.15, 0.2) is 11.6 Å². The van der Waals surface area contributed by atoms with E-state index in [0.29, 0.717) is 34.6 Å². The van der Waals surface area contributed by atoms with Gasteiger partial charge in [-0.2, -0.15) is 0 Å². The van der Waals surface area contributed by atoms with Gasteiger partial charge in [0, 0.05) is 22.3 Å². The predicted molar refractivity (Wildman–Crippen MR) is 98.6 cm³/mol. The number of benzene rings is 2. The minimum absolute atomic E-state index is 0.0901. The summed E-state index contributed by atoms with van der Waals surface area (Å²) in [5.74, 6) is 0.468. The van der Waals surface area contributed by atoms with Crippen LogP contribution in [-0.2, 0) is 0 Å². The number of ether oxygens (including phenoxy) is 1. The molecule has 0 aromatic heterocycles. The summed E-state index contributed by atoms with van der Waals surface area (Å²) < 4.78 is 5.79. The Morgan fingerprint density at radius 1 is 0.720 bits per heavy atom. The van der Waals surface area contributed by atoms with Crippen LogP contribution in [0.2, 0.25) is 0 Å². The molecule has 0 fully saturated rings. The number of ketones is 2. The zero-order valence-electron chi connectivity index (χ0n) is 14.7. The molecule has 3 heteroatoms. The summed E-state index contributed by atoms with van der Waals surface area (Å²) in [5, 5.41) is 0. The van der Waals surface area contributed by atoms with Gasteiger partial charge in [-0.3, -0.25) is 9.59 Å². The smallest absolute Gasteiger partial charge is 0.194 e. The fourth-order valence-electron chi connectivity index (χ4n) is 3.24. The summed E-state index contributed by atoms with van der Waals surface area (Å²) in [5.41, 5.74) is 1.88. The average molecular weight is 336 g/mol. The highest BCUT2D eigenvalue weighted by Gasteiger charge is 2.29. The van der Waals surface area contributed by atoms with E-state index >= 15 is 0 Å². The summed E-state index contributed by atoms with van der Waals surface area (Å²) in [7, 11) is 0. The largest absolute Gasteiger partial charge is 0.494 e. The van der Waals surface area contributed by atoms with Crippen molar-refractivity contribution >= 4 is 11.6 Å². The predicted octanol–water partition coefficient (Wildman–Crippen LogP) is 5.20. The van der Waals surface area contributed by atoms with E-state index in [1.165, 1.54) is 25.7 Å². The normalized spacial score (nSPS) is 12.7. The van der Waals surface area contributed by atoms with Crippen molar-refractivity contribution in [3.8, 4) is 5.75 Å². The van der Waals surface area contributed by atoms with Crippen LogP contribution in [0, 0.1) is 0 Å². The van der Waals surface area contributed by atoms with E-state index in [9.17, 15) is 9.59 Å². The van der Waals surface area contributed by atoms with Crippen molar-refractivity contribution < 1.29 is 14.3 Å². The number of fused-ring (bicyclic) bond motifs is 2. The van der Waals surface area contributed by atoms with Crippen molar-refractivity contribution in [2.75, 3.05) is 6.61 Å². The van der Waals surface area contributed by atoms with E-state index in [2.05, 4.69) is 6.92 Å². The Labute approximate surface area is 149 Å². The minimum atomic E-state index is -0.102. The summed E-state index contributed by atoms with van der Waals surface area (Å²) >= 11 is 0. The first-order valence-electron chi connectivity index (χ1n) is 9.17. The van der Waals surface area contributed by atoms with E-state index in [-0.39, 0.29) is 11.6 Å². The molecule has 3 nitrogen and oxygen atoms in total. The van der Waals surface area contributed by atoms with Crippen molar-refractivity contribution in [2.24, 2.45) is 0 Å². The molecular weight excluding hydrogens is 312 g/mol. The number of hydrogen-bond donors (Lipinski definition) is 0. The maximum absolute atomic E-state index is 12.7. The van der Waals surface area contributed by atoms with Gasteiger partial charge in [-0.15, -0.1) is 0 Å². The Kier molecular flexibility index (Phi) is 5.64. The number of hydrogen-bond acceptors (Lipinski definition) is 3. The standard InChI is InChI=1S/C22H24O3/c1-2-3-4-5-6-9-14-25-16-12-13-19-20(15-16)22(24)18-11-8-7-10-17(18)21(19)23/h7-8,10-13,15H,2-6,9,14H2,1H3. The summed E-state index contributed by atoms with van der Waals surface area (Å²) in [6.45, 7) is 2.85. The van der Waals surface area contributed by atoms with Crippen LogP contribution in [0.25, 0.3) is 0 Å². The Balaban J connectivity index is 1.64. The van der Waals surface area contributed by atoms with Gasteiger partial charge in [-0.25, -0.2) is 0 Å². The topological polar surface area (TPSA) is 43.4 Å². The van der Waals surface area contributed by atoms with Gasteiger partial charge >= 0.3 is 0 Å². The first-order valence-corrected chi connectivity index (χ1v) is 9.17. The lowest BCUT2D eigenvalue weighted by Crippen LogP contribution is -2.20. The highest BCUT2D eigenvalue weighted by Crippen LogP contribution is 2.29. The summed E-state index contributed by atoms with van der Waals surface area (Å²) in [6, 6.07) is 12.2. The highest BCUT2D eigenvalue weighted by molar-refractivity contribution is 6.28. The van der Waals surface area contributed by atoms with E-state index in [1.807, 2.05) is 0 Å². The quantitative estimate of drug-likeness (QED) is 0.531. The van der Waals surface area contributed by atoms with Crippen LogP contribution in [0.1, 0.15) is 77.3 Å². The van der Waals surface area contributed by atoms with Crippen LogP contribution >= 0.6 is 0 Å². The molecule has 25 heavy (non-hydrogen) atoms. The lowest BCUT2D eigenvalue weighted by molar-refractivity contribution is 0.0978. The lowest BCUT2D eigenvalue weighted by Gasteiger charge is -2.18. The van der Waals surface area contributed by atoms with Crippen LogP contribution < -0.4 is 4.74 Å². The van der Waals surface area contributed by atoms with Crippen molar-refractivity contribution in [1.29, 1.82) is 0 Å². The van der Waals surface area contributed by atoms with E-state index in [1.54, 1.807) is 42.5 Å². The minimum Gasteiger partial charge on any atom is -0.494 e. The molecule has 0 aliphatic heterocycles. The average Bonchev–Trinajstić information content (AvgIpc) is 2.65. The Hall–Kier alpha value is -2.42. The number of carbonyl (C=O) groups excluding carboxylic acids is 2. The molecule has 0 spiro atoms. The van der Waals surface area contributed by atoms with Gasteiger partial charge in [0.2, 0.25) is 0 Å². The second-order valence-corrected chi connectivity index (χ2v) is 6.53. The molecular formula is C22H24O3. The van der Waals surface area contributed by atoms with Gasteiger partial charge in [0.25, 0.3) is 0 Å². The number of carbonyl (C=O) groups is 2. The summed E-state index contributed by atoms with van der Waals surface area (Å²) in [6.07, 6.45) is 7.24. The van der Waals surface area contributed by atoms with Crippen LogP contribution in [0.3, 0.4) is 0 Å². The molecule has 130 valence electrons. The van der Waals surface area contributed by atoms with Crippen LogP contribution in [0.4, 0.5) is 0 Å². The summed E-state index contributed by atoms with van der Waals surface area (Å²) in [4.78, 5) is 25.2. The first-order chi connectivity index (χ1) is 12.2. The molecule has 3 rings (SSSR count). The molecule has 0 unspecified atom stereocenters. The molecule has 0 amide bonds. The SMILES string of the molecule is CCCCCCCCOc1ccc2c(c1)C(=O)c1ccccc1C2=O. The molecule has 0 atom stereocenters. The first kappa shape index (κ1) is 17.4. The third-order valence-corrected chi connectivity index (χ3v) is 4.66. The molecule has 0 saturated heterocycles.